The summed E-state index contributed by atoms with van der Waals surface area (Å²) in [5.41, 5.74) is 7.09. The van der Waals surface area contributed by atoms with Gasteiger partial charge in [0.15, 0.2) is 0 Å². The fourth-order valence-corrected chi connectivity index (χ4v) is 5.87. The second kappa shape index (κ2) is 8.37. The Morgan fingerprint density at radius 2 is 1.65 bits per heavy atom. The van der Waals surface area contributed by atoms with Crippen LogP contribution < -0.4 is 15.8 Å². The van der Waals surface area contributed by atoms with E-state index in [9.17, 15) is 9.00 Å². The van der Waals surface area contributed by atoms with Crippen LogP contribution in [0.4, 0.5) is 10.5 Å². The number of anilines is 1. The van der Waals surface area contributed by atoms with Gasteiger partial charge in [-0.3, -0.25) is 0 Å². The number of hydrogen-bond donors (Lipinski definition) is 3. The summed E-state index contributed by atoms with van der Waals surface area (Å²) < 4.78 is 16.9. The zero-order chi connectivity index (χ0) is 21.4. The van der Waals surface area contributed by atoms with Gasteiger partial charge in [-0.25, -0.2) is 14.1 Å². The van der Waals surface area contributed by atoms with Crippen molar-refractivity contribution in [3.63, 3.8) is 0 Å². The molecule has 2 amide bonds. The molecule has 2 aromatic carbocycles. The molecule has 4 N–H and O–H groups in total. The Morgan fingerprint density at radius 1 is 1.00 bits per heavy atom. The molecule has 164 valence electrons. The molecule has 2 aromatic rings. The van der Waals surface area contributed by atoms with Crippen molar-refractivity contribution < 1.29 is 9.00 Å². The number of nitrogens with one attached hydrogen (secondary N) is 2. The molecule has 3 aliphatic carbocycles. The molecule has 7 heteroatoms. The third kappa shape index (κ3) is 4.27. The van der Waals surface area contributed by atoms with Crippen LogP contribution >= 0.6 is 0 Å². The van der Waals surface area contributed by atoms with Crippen LogP contribution in [0.5, 0.6) is 0 Å². The number of amides is 2. The number of hydrogen-bond acceptors (Lipinski definition) is 3. The lowest BCUT2D eigenvalue weighted by Gasteiger charge is -2.26. The lowest BCUT2D eigenvalue weighted by atomic mass is 9.93. The van der Waals surface area contributed by atoms with Gasteiger partial charge in [0.05, 0.1) is 4.90 Å². The van der Waals surface area contributed by atoms with Crippen LogP contribution in [0.1, 0.15) is 59.9 Å². The minimum absolute atomic E-state index is 0.374. The zero-order valence-corrected chi connectivity index (χ0v) is 18.6. The second-order valence-electron chi connectivity index (χ2n) is 8.98. The van der Waals surface area contributed by atoms with Crippen LogP contribution in [0.3, 0.4) is 0 Å². The fraction of sp³-hybridized carbons (Fsp3) is 0.458. The molecular weight excluding hydrogens is 408 g/mol. The Morgan fingerprint density at radius 3 is 2.23 bits per heavy atom. The van der Waals surface area contributed by atoms with Crippen LogP contribution in [0.2, 0.25) is 0 Å². The Kier molecular flexibility index (Phi) is 5.58. The molecule has 0 aromatic heterocycles. The standard InChI is InChI=1S/C24H30N4O2S/c25-31(30,20-12-10-16(11-13-20)15-26-19-6-3-7-19)28-24(29)27-23-21-8-1-4-17(21)14-18-5-2-9-22(18)23/h10-14,19,26H,1-9,15H2,(H3,25,27,28,29,30)/t31-/m1/s1. The average molecular weight is 439 g/mol. The van der Waals surface area contributed by atoms with E-state index in [2.05, 4.69) is 21.1 Å². The first kappa shape index (κ1) is 20.7. The van der Waals surface area contributed by atoms with E-state index in [1.807, 2.05) is 12.1 Å². The molecule has 0 spiro atoms. The molecule has 6 nitrogen and oxygen atoms in total. The number of nitrogens with two attached hydrogens (primary N) is 1. The number of carbonyl (C=O) groups excluding carboxylic acids is 1. The average Bonchev–Trinajstić information content (AvgIpc) is 3.36. The first-order chi connectivity index (χ1) is 15.0. The van der Waals surface area contributed by atoms with E-state index >= 15 is 0 Å². The van der Waals surface area contributed by atoms with E-state index in [1.165, 1.54) is 41.5 Å². The highest BCUT2D eigenvalue weighted by molar-refractivity contribution is 7.91. The summed E-state index contributed by atoms with van der Waals surface area (Å²) >= 11 is 0. The van der Waals surface area contributed by atoms with Gasteiger partial charge in [-0.05, 0) is 91.3 Å². The number of rotatable bonds is 5. The van der Waals surface area contributed by atoms with Crippen molar-refractivity contribution in [2.45, 2.75) is 75.3 Å². The summed E-state index contributed by atoms with van der Waals surface area (Å²) in [5.74, 6) is 0. The van der Waals surface area contributed by atoms with E-state index < -0.39 is 15.9 Å². The minimum Gasteiger partial charge on any atom is -0.310 e. The largest absolute Gasteiger partial charge is 0.354 e. The number of carbonyl (C=O) groups is 1. The van der Waals surface area contributed by atoms with Crippen LogP contribution in [-0.2, 0) is 42.1 Å². The van der Waals surface area contributed by atoms with Crippen molar-refractivity contribution in [3.8, 4) is 0 Å². The number of nitrogens with zero attached hydrogens (tertiary/aromatic N) is 1. The monoisotopic (exact) mass is 438 g/mol. The second-order valence-corrected chi connectivity index (χ2v) is 10.8. The van der Waals surface area contributed by atoms with Gasteiger partial charge in [-0.2, -0.15) is 0 Å². The quantitative estimate of drug-likeness (QED) is 0.651. The summed E-state index contributed by atoms with van der Waals surface area (Å²) in [6.45, 7) is 0.776. The Bertz CT molecular complexity index is 1100. The fourth-order valence-electron chi connectivity index (χ4n) is 4.95. The van der Waals surface area contributed by atoms with Crippen molar-refractivity contribution in [2.24, 2.45) is 9.50 Å². The predicted molar refractivity (Wildman–Crippen MR) is 123 cm³/mol. The predicted octanol–water partition coefficient (Wildman–Crippen LogP) is 4.24. The van der Waals surface area contributed by atoms with E-state index in [4.69, 9.17) is 5.14 Å². The molecule has 0 heterocycles. The third-order valence-corrected chi connectivity index (χ3v) is 8.27. The van der Waals surface area contributed by atoms with Gasteiger partial charge in [0, 0.05) is 18.3 Å². The molecule has 31 heavy (non-hydrogen) atoms. The van der Waals surface area contributed by atoms with Crippen molar-refractivity contribution in [3.05, 3.63) is 58.1 Å². The van der Waals surface area contributed by atoms with Crippen LogP contribution in [0.25, 0.3) is 0 Å². The third-order valence-electron chi connectivity index (χ3n) is 6.88. The SMILES string of the molecule is N[S@@](=O)(=NC(=O)Nc1c2c(cc3c1CCC3)CCC2)c1ccc(CNC2CCC2)cc1. The topological polar surface area (TPSA) is 96.6 Å². The highest BCUT2D eigenvalue weighted by atomic mass is 32.2. The molecule has 5 rings (SSSR count). The number of urea groups is 1. The van der Waals surface area contributed by atoms with Crippen LogP contribution in [0, 0.1) is 0 Å². The highest BCUT2D eigenvalue weighted by Crippen LogP contribution is 2.38. The molecule has 1 atom stereocenters. The first-order valence-electron chi connectivity index (χ1n) is 11.3. The summed E-state index contributed by atoms with van der Waals surface area (Å²) in [6, 6.07) is 9.53. The first-order valence-corrected chi connectivity index (χ1v) is 12.9. The van der Waals surface area contributed by atoms with Gasteiger partial charge < -0.3 is 10.6 Å². The van der Waals surface area contributed by atoms with Crippen LogP contribution in [-0.4, -0.2) is 16.3 Å². The molecular formula is C24H30N4O2S. The smallest absolute Gasteiger partial charge is 0.310 e. The van der Waals surface area contributed by atoms with Gasteiger partial charge in [-0.15, -0.1) is 4.36 Å². The molecule has 0 aliphatic heterocycles. The number of benzene rings is 2. The van der Waals surface area contributed by atoms with Crippen molar-refractivity contribution in [2.75, 3.05) is 5.32 Å². The van der Waals surface area contributed by atoms with Gasteiger partial charge in [0.2, 0.25) is 0 Å². The van der Waals surface area contributed by atoms with Crippen molar-refractivity contribution in [1.82, 2.24) is 5.32 Å². The molecule has 0 saturated heterocycles. The maximum Gasteiger partial charge on any atom is 0.354 e. The van der Waals surface area contributed by atoms with Gasteiger partial charge in [0.25, 0.3) is 0 Å². The summed E-state index contributed by atoms with van der Waals surface area (Å²) in [6.07, 6.45) is 10.0. The molecule has 1 saturated carbocycles. The Hall–Kier alpha value is -2.22. The molecule has 0 radical (unpaired) electrons. The Balaban J connectivity index is 1.33. The van der Waals surface area contributed by atoms with Gasteiger partial charge >= 0.3 is 6.03 Å². The summed E-state index contributed by atoms with van der Waals surface area (Å²) in [5, 5.41) is 12.5. The van der Waals surface area contributed by atoms with E-state index in [-0.39, 0.29) is 0 Å². The lowest BCUT2D eigenvalue weighted by Crippen LogP contribution is -2.34. The maximum absolute atomic E-state index is 13.0. The summed E-state index contributed by atoms with van der Waals surface area (Å²) in [7, 11) is -3.31. The molecule has 3 aliphatic rings. The molecule has 0 bridgehead atoms. The van der Waals surface area contributed by atoms with E-state index in [0.717, 1.165) is 56.3 Å². The van der Waals surface area contributed by atoms with E-state index in [0.29, 0.717) is 10.9 Å². The number of aryl methyl sites for hydroxylation is 2. The Labute approximate surface area is 184 Å². The van der Waals surface area contributed by atoms with Gasteiger partial charge in [0.1, 0.15) is 9.92 Å². The zero-order valence-electron chi connectivity index (χ0n) is 17.8. The van der Waals surface area contributed by atoms with Gasteiger partial charge in [-0.1, -0.05) is 24.6 Å². The number of fused-ring (bicyclic) bond motifs is 2. The summed E-state index contributed by atoms with van der Waals surface area (Å²) in [4.78, 5) is 13.1. The normalized spacial score (nSPS) is 19.3. The highest BCUT2D eigenvalue weighted by Gasteiger charge is 2.25. The van der Waals surface area contributed by atoms with Crippen molar-refractivity contribution in [1.29, 1.82) is 0 Å². The van der Waals surface area contributed by atoms with Crippen molar-refractivity contribution >= 4 is 21.6 Å². The molecule has 0 unspecified atom stereocenters. The van der Waals surface area contributed by atoms with Crippen LogP contribution in [0.15, 0.2) is 39.6 Å². The minimum atomic E-state index is -3.31. The van der Waals surface area contributed by atoms with E-state index in [1.54, 1.807) is 12.1 Å². The molecule has 1 fully saturated rings. The lowest BCUT2D eigenvalue weighted by molar-refractivity contribution is 0.260. The maximum atomic E-state index is 13.0.